The van der Waals surface area contributed by atoms with E-state index in [2.05, 4.69) is 32.3 Å². The molecule has 1 saturated heterocycles. The first-order valence-corrected chi connectivity index (χ1v) is 7.76. The fourth-order valence-corrected chi connectivity index (χ4v) is 2.72. The van der Waals surface area contributed by atoms with Gasteiger partial charge in [0.2, 0.25) is 5.95 Å². The number of anilines is 1. The highest BCUT2D eigenvalue weighted by atomic mass is 15.2. The van der Waals surface area contributed by atoms with Crippen molar-refractivity contribution in [3.05, 3.63) is 42.6 Å². The van der Waals surface area contributed by atoms with Gasteiger partial charge < -0.3 is 10.2 Å². The molecule has 0 atom stereocenters. The summed E-state index contributed by atoms with van der Waals surface area (Å²) in [6.07, 6.45) is 5.87. The first kappa shape index (κ1) is 14.0. The Balaban J connectivity index is 1.56. The van der Waals surface area contributed by atoms with E-state index in [4.69, 9.17) is 0 Å². The first-order valence-electron chi connectivity index (χ1n) is 7.76. The Kier molecular flexibility index (Phi) is 4.79. The monoisotopic (exact) mass is 282 g/mol. The minimum Gasteiger partial charge on any atom is -0.353 e. The topological polar surface area (TPSA) is 41.1 Å². The van der Waals surface area contributed by atoms with Crippen LogP contribution in [0.2, 0.25) is 0 Å². The van der Waals surface area contributed by atoms with Gasteiger partial charge in [-0.2, -0.15) is 0 Å². The third-order valence-corrected chi connectivity index (χ3v) is 3.88. The molecule has 4 nitrogen and oxygen atoms in total. The van der Waals surface area contributed by atoms with Gasteiger partial charge in [-0.05, 0) is 32.0 Å². The van der Waals surface area contributed by atoms with Crippen LogP contribution in [-0.4, -0.2) is 41.0 Å². The maximum absolute atomic E-state index is 4.58. The van der Waals surface area contributed by atoms with E-state index in [9.17, 15) is 0 Å². The Bertz CT molecular complexity index is 550. The Hall–Kier alpha value is -1.94. The van der Waals surface area contributed by atoms with E-state index in [1.54, 1.807) is 0 Å². The van der Waals surface area contributed by atoms with Crippen molar-refractivity contribution in [1.29, 1.82) is 0 Å². The second-order valence-corrected chi connectivity index (χ2v) is 5.46. The van der Waals surface area contributed by atoms with E-state index in [0.717, 1.165) is 24.3 Å². The molecule has 21 heavy (non-hydrogen) atoms. The van der Waals surface area contributed by atoms with E-state index in [1.165, 1.54) is 32.4 Å². The van der Waals surface area contributed by atoms with Crippen LogP contribution < -0.4 is 5.32 Å². The zero-order valence-corrected chi connectivity index (χ0v) is 12.3. The van der Waals surface area contributed by atoms with E-state index < -0.39 is 0 Å². The standard InChI is InChI=1S/C17H22N4/c1-3-7-15(8-4-1)16-9-10-18-17(20-16)19-11-14-21-12-5-2-6-13-21/h1,3-4,7-10H,2,5-6,11-14H2,(H,18,19,20). The number of likely N-dealkylation sites (tertiary alicyclic amines) is 1. The van der Waals surface area contributed by atoms with Gasteiger partial charge in [-0.25, -0.2) is 9.97 Å². The number of nitrogens with zero attached hydrogens (tertiary/aromatic N) is 3. The van der Waals surface area contributed by atoms with E-state index >= 15 is 0 Å². The SMILES string of the molecule is c1ccc(-c2ccnc(NCCN3CCCCC3)n2)cc1. The van der Waals surface area contributed by atoms with Crippen LogP contribution in [0, 0.1) is 0 Å². The lowest BCUT2D eigenvalue weighted by molar-refractivity contribution is 0.237. The number of benzene rings is 1. The molecular weight excluding hydrogens is 260 g/mol. The summed E-state index contributed by atoms with van der Waals surface area (Å²) in [4.78, 5) is 11.4. The molecule has 1 aliphatic heterocycles. The van der Waals surface area contributed by atoms with E-state index in [-0.39, 0.29) is 0 Å². The molecule has 0 unspecified atom stereocenters. The second-order valence-electron chi connectivity index (χ2n) is 5.46. The molecule has 0 spiro atoms. The summed E-state index contributed by atoms with van der Waals surface area (Å²) >= 11 is 0. The van der Waals surface area contributed by atoms with Crippen molar-refractivity contribution in [1.82, 2.24) is 14.9 Å². The number of aromatic nitrogens is 2. The zero-order chi connectivity index (χ0) is 14.3. The molecule has 3 rings (SSSR count). The second kappa shape index (κ2) is 7.18. The van der Waals surface area contributed by atoms with Crippen LogP contribution in [0.5, 0.6) is 0 Å². The third-order valence-electron chi connectivity index (χ3n) is 3.88. The molecule has 0 bridgehead atoms. The van der Waals surface area contributed by atoms with Gasteiger partial charge in [0.1, 0.15) is 0 Å². The minimum atomic E-state index is 0.716. The van der Waals surface area contributed by atoms with Crippen molar-refractivity contribution in [3.8, 4) is 11.3 Å². The van der Waals surface area contributed by atoms with Crippen LogP contribution in [0.3, 0.4) is 0 Å². The highest BCUT2D eigenvalue weighted by molar-refractivity contribution is 5.59. The Morgan fingerprint density at radius 1 is 1.00 bits per heavy atom. The van der Waals surface area contributed by atoms with Gasteiger partial charge in [0.15, 0.2) is 0 Å². The number of rotatable bonds is 5. The summed E-state index contributed by atoms with van der Waals surface area (Å²) in [5.41, 5.74) is 2.09. The predicted octanol–water partition coefficient (Wildman–Crippen LogP) is 3.04. The highest BCUT2D eigenvalue weighted by Crippen LogP contribution is 2.16. The summed E-state index contributed by atoms with van der Waals surface area (Å²) in [6, 6.07) is 12.2. The molecule has 0 amide bonds. The molecule has 1 N–H and O–H groups in total. The molecule has 110 valence electrons. The smallest absolute Gasteiger partial charge is 0.223 e. The van der Waals surface area contributed by atoms with Crippen LogP contribution in [0.1, 0.15) is 19.3 Å². The normalized spacial score (nSPS) is 15.8. The highest BCUT2D eigenvalue weighted by Gasteiger charge is 2.09. The first-order chi connectivity index (χ1) is 10.4. The van der Waals surface area contributed by atoms with Crippen LogP contribution in [0.15, 0.2) is 42.6 Å². The van der Waals surface area contributed by atoms with Crippen molar-refractivity contribution in [2.75, 3.05) is 31.5 Å². The van der Waals surface area contributed by atoms with Crippen LogP contribution in [0.4, 0.5) is 5.95 Å². The van der Waals surface area contributed by atoms with Crippen molar-refractivity contribution < 1.29 is 0 Å². The van der Waals surface area contributed by atoms with Crippen LogP contribution in [-0.2, 0) is 0 Å². The Morgan fingerprint density at radius 2 is 1.81 bits per heavy atom. The fourth-order valence-electron chi connectivity index (χ4n) is 2.72. The molecule has 1 aliphatic rings. The molecule has 0 saturated carbocycles. The predicted molar refractivity (Wildman–Crippen MR) is 86.2 cm³/mol. The van der Waals surface area contributed by atoms with E-state index in [1.807, 2.05) is 30.5 Å². The summed E-state index contributed by atoms with van der Waals surface area (Å²) in [6.45, 7) is 4.43. The van der Waals surface area contributed by atoms with Crippen LogP contribution >= 0.6 is 0 Å². The molecule has 2 aromatic rings. The largest absolute Gasteiger partial charge is 0.353 e. The van der Waals surface area contributed by atoms with Crippen LogP contribution in [0.25, 0.3) is 11.3 Å². The third kappa shape index (κ3) is 4.02. The van der Waals surface area contributed by atoms with Gasteiger partial charge in [0.05, 0.1) is 5.69 Å². The van der Waals surface area contributed by atoms with Crippen molar-refractivity contribution in [2.45, 2.75) is 19.3 Å². The molecule has 4 heteroatoms. The number of hydrogen-bond donors (Lipinski definition) is 1. The molecule has 1 fully saturated rings. The molecule has 1 aromatic carbocycles. The number of hydrogen-bond acceptors (Lipinski definition) is 4. The summed E-state index contributed by atoms with van der Waals surface area (Å²) in [5.74, 6) is 0.716. The lowest BCUT2D eigenvalue weighted by Crippen LogP contribution is -2.33. The average Bonchev–Trinajstić information content (AvgIpc) is 2.57. The minimum absolute atomic E-state index is 0.716. The maximum Gasteiger partial charge on any atom is 0.223 e. The quantitative estimate of drug-likeness (QED) is 0.915. The van der Waals surface area contributed by atoms with Gasteiger partial charge >= 0.3 is 0 Å². The fraction of sp³-hybridized carbons (Fsp3) is 0.412. The van der Waals surface area contributed by atoms with Gasteiger partial charge in [0.25, 0.3) is 0 Å². The van der Waals surface area contributed by atoms with Gasteiger partial charge in [-0.1, -0.05) is 36.8 Å². The van der Waals surface area contributed by atoms with Crippen molar-refractivity contribution in [3.63, 3.8) is 0 Å². The number of nitrogens with one attached hydrogen (secondary N) is 1. The number of piperidine rings is 1. The zero-order valence-electron chi connectivity index (χ0n) is 12.3. The molecule has 1 aromatic heterocycles. The lowest BCUT2D eigenvalue weighted by atomic mass is 10.1. The van der Waals surface area contributed by atoms with Gasteiger partial charge in [0, 0.05) is 24.8 Å². The molecule has 0 aliphatic carbocycles. The average molecular weight is 282 g/mol. The molecule has 2 heterocycles. The van der Waals surface area contributed by atoms with Gasteiger partial charge in [-0.3, -0.25) is 0 Å². The molecular formula is C17H22N4. The van der Waals surface area contributed by atoms with Crippen molar-refractivity contribution >= 4 is 5.95 Å². The Labute approximate surface area is 126 Å². The summed E-state index contributed by atoms with van der Waals surface area (Å²) in [5, 5.41) is 3.34. The van der Waals surface area contributed by atoms with Crippen molar-refractivity contribution in [2.24, 2.45) is 0 Å². The summed E-state index contributed by atoms with van der Waals surface area (Å²) in [7, 11) is 0. The maximum atomic E-state index is 4.58. The Morgan fingerprint density at radius 3 is 2.62 bits per heavy atom. The molecule has 0 radical (unpaired) electrons. The van der Waals surface area contributed by atoms with Gasteiger partial charge in [-0.15, -0.1) is 0 Å². The van der Waals surface area contributed by atoms with E-state index in [0.29, 0.717) is 5.95 Å². The summed E-state index contributed by atoms with van der Waals surface area (Å²) < 4.78 is 0. The lowest BCUT2D eigenvalue weighted by Gasteiger charge is -2.26.